The Bertz CT molecular complexity index is 156. The van der Waals surface area contributed by atoms with Crippen LogP contribution in [0.4, 0.5) is 0 Å². The highest BCUT2D eigenvalue weighted by molar-refractivity contribution is 4.79. The first-order valence-corrected chi connectivity index (χ1v) is 5.07. The van der Waals surface area contributed by atoms with Crippen LogP contribution in [0.1, 0.15) is 34.1 Å². The minimum atomic E-state index is -1.07. The van der Waals surface area contributed by atoms with E-state index >= 15 is 0 Å². The van der Waals surface area contributed by atoms with Gasteiger partial charge in [0.15, 0.2) is 0 Å². The number of nitrogens with one attached hydrogen (secondary N) is 1. The number of aliphatic hydroxyl groups is 3. The summed E-state index contributed by atoms with van der Waals surface area (Å²) in [5.74, 6) is 0. The molecule has 0 aromatic heterocycles. The Kier molecular flexibility index (Phi) is 5.59. The lowest BCUT2D eigenvalue weighted by Crippen LogP contribution is -2.47. The third-order valence-corrected chi connectivity index (χ3v) is 2.05. The van der Waals surface area contributed by atoms with Crippen molar-refractivity contribution in [2.45, 2.75) is 58.0 Å². The molecule has 4 N–H and O–H groups in total. The average Bonchev–Trinajstić information content (AvgIpc) is 2.10. The Hall–Kier alpha value is -0.160. The summed E-state index contributed by atoms with van der Waals surface area (Å²) in [6.07, 6.45) is -2.42. The highest BCUT2D eigenvalue weighted by Gasteiger charge is 2.24. The van der Waals surface area contributed by atoms with Crippen LogP contribution in [0.25, 0.3) is 0 Å². The molecule has 0 heterocycles. The van der Waals surface area contributed by atoms with Crippen LogP contribution < -0.4 is 5.32 Å². The van der Waals surface area contributed by atoms with Gasteiger partial charge >= 0.3 is 0 Å². The largest absolute Gasteiger partial charge is 0.390 e. The summed E-state index contributed by atoms with van der Waals surface area (Å²) >= 11 is 0. The number of hydrogen-bond acceptors (Lipinski definition) is 4. The zero-order chi connectivity index (χ0) is 11.4. The average molecular weight is 205 g/mol. The molecule has 4 nitrogen and oxygen atoms in total. The Morgan fingerprint density at radius 3 is 1.93 bits per heavy atom. The summed E-state index contributed by atoms with van der Waals surface area (Å²) in [4.78, 5) is 0. The third kappa shape index (κ3) is 5.54. The van der Waals surface area contributed by atoms with Crippen molar-refractivity contribution in [3.05, 3.63) is 0 Å². The Labute approximate surface area is 86.0 Å². The van der Waals surface area contributed by atoms with Gasteiger partial charge in [-0.15, -0.1) is 0 Å². The van der Waals surface area contributed by atoms with E-state index in [0.717, 1.165) is 0 Å². The van der Waals surface area contributed by atoms with Gasteiger partial charge in [-0.1, -0.05) is 6.92 Å². The first-order chi connectivity index (χ1) is 6.28. The summed E-state index contributed by atoms with van der Waals surface area (Å²) < 4.78 is 0. The van der Waals surface area contributed by atoms with Crippen LogP contribution in [0.5, 0.6) is 0 Å². The van der Waals surface area contributed by atoms with E-state index in [0.29, 0.717) is 6.42 Å². The molecule has 0 amide bonds. The lowest BCUT2D eigenvalue weighted by atomic mass is 10.0. The van der Waals surface area contributed by atoms with Gasteiger partial charge in [0, 0.05) is 12.1 Å². The van der Waals surface area contributed by atoms with E-state index in [-0.39, 0.29) is 12.1 Å². The molecule has 3 unspecified atom stereocenters. The van der Waals surface area contributed by atoms with Crippen molar-refractivity contribution in [3.63, 3.8) is 0 Å². The van der Waals surface area contributed by atoms with Crippen molar-refractivity contribution < 1.29 is 15.3 Å². The van der Waals surface area contributed by atoms with Crippen LogP contribution in [0.15, 0.2) is 0 Å². The van der Waals surface area contributed by atoms with Crippen molar-refractivity contribution in [2.75, 3.05) is 6.54 Å². The van der Waals surface area contributed by atoms with Crippen molar-refractivity contribution in [3.8, 4) is 0 Å². The van der Waals surface area contributed by atoms with Gasteiger partial charge in [0.05, 0.1) is 12.2 Å². The molecule has 3 atom stereocenters. The Balaban J connectivity index is 3.90. The maximum Gasteiger partial charge on any atom is 0.107 e. The number of aliphatic hydroxyl groups excluding tert-OH is 3. The van der Waals surface area contributed by atoms with E-state index < -0.39 is 18.3 Å². The number of hydrogen-bond donors (Lipinski definition) is 4. The molecule has 0 aromatic carbocycles. The molecule has 0 radical (unpaired) electrons. The third-order valence-electron chi connectivity index (χ3n) is 2.05. The van der Waals surface area contributed by atoms with Crippen molar-refractivity contribution in [1.82, 2.24) is 5.32 Å². The minimum absolute atomic E-state index is 0.0993. The van der Waals surface area contributed by atoms with Crippen molar-refractivity contribution in [1.29, 1.82) is 0 Å². The molecule has 0 aromatic rings. The van der Waals surface area contributed by atoms with E-state index in [1.807, 2.05) is 20.8 Å². The predicted molar refractivity (Wildman–Crippen MR) is 56.1 cm³/mol. The standard InChI is InChI=1S/C10H23NO3/c1-5-7(12)9(14)8(13)6-11-10(2,3)4/h7-9,11-14H,5-6H2,1-4H3. The molecule has 0 bridgehead atoms. The van der Waals surface area contributed by atoms with Gasteiger partial charge in [-0.25, -0.2) is 0 Å². The zero-order valence-electron chi connectivity index (χ0n) is 9.49. The van der Waals surface area contributed by atoms with E-state index in [9.17, 15) is 15.3 Å². The van der Waals surface area contributed by atoms with E-state index in [1.165, 1.54) is 0 Å². The minimum Gasteiger partial charge on any atom is -0.390 e. The molecular formula is C10H23NO3. The fourth-order valence-electron chi connectivity index (χ4n) is 1.03. The topological polar surface area (TPSA) is 72.7 Å². The van der Waals surface area contributed by atoms with Crippen molar-refractivity contribution in [2.24, 2.45) is 0 Å². The normalized spacial score (nSPS) is 19.1. The molecule has 0 saturated heterocycles. The highest BCUT2D eigenvalue weighted by Crippen LogP contribution is 2.05. The first-order valence-electron chi connectivity index (χ1n) is 5.07. The smallest absolute Gasteiger partial charge is 0.107 e. The van der Waals surface area contributed by atoms with E-state index in [2.05, 4.69) is 5.32 Å². The highest BCUT2D eigenvalue weighted by atomic mass is 16.4. The molecule has 86 valence electrons. The number of β-amino-alcohol motifs (C(OH)–C–C–N with tert-alkyl or cyclic N) is 1. The van der Waals surface area contributed by atoms with Crippen LogP contribution in [0.3, 0.4) is 0 Å². The molecular weight excluding hydrogens is 182 g/mol. The van der Waals surface area contributed by atoms with E-state index in [4.69, 9.17) is 0 Å². The molecule has 0 aliphatic heterocycles. The monoisotopic (exact) mass is 205 g/mol. The SMILES string of the molecule is CCC(O)C(O)C(O)CNC(C)(C)C. The number of rotatable bonds is 5. The zero-order valence-corrected chi connectivity index (χ0v) is 9.49. The maximum atomic E-state index is 9.51. The molecule has 0 aliphatic carbocycles. The molecule has 0 saturated carbocycles. The van der Waals surface area contributed by atoms with Crippen LogP contribution in [0.2, 0.25) is 0 Å². The molecule has 4 heteroatoms. The lowest BCUT2D eigenvalue weighted by Gasteiger charge is -2.27. The Morgan fingerprint density at radius 1 is 1.07 bits per heavy atom. The maximum absolute atomic E-state index is 9.51. The molecule has 0 fully saturated rings. The summed E-state index contributed by atoms with van der Waals surface area (Å²) in [5.41, 5.74) is -0.0993. The molecule has 0 rings (SSSR count). The lowest BCUT2D eigenvalue weighted by molar-refractivity contribution is -0.0600. The fraction of sp³-hybridized carbons (Fsp3) is 1.00. The van der Waals surface area contributed by atoms with Gasteiger partial charge in [0.1, 0.15) is 6.10 Å². The molecule has 14 heavy (non-hydrogen) atoms. The summed E-state index contributed by atoms with van der Waals surface area (Å²) in [5, 5.41) is 31.3. The second kappa shape index (κ2) is 5.66. The van der Waals surface area contributed by atoms with Gasteiger partial charge in [-0.05, 0) is 27.2 Å². The van der Waals surface area contributed by atoms with Crippen LogP contribution >= 0.6 is 0 Å². The molecule has 0 spiro atoms. The molecule has 0 aliphatic rings. The van der Waals surface area contributed by atoms with Crippen LogP contribution in [-0.2, 0) is 0 Å². The quantitative estimate of drug-likeness (QED) is 0.504. The second-order valence-electron chi connectivity index (χ2n) is 4.66. The van der Waals surface area contributed by atoms with Gasteiger partial charge < -0.3 is 20.6 Å². The van der Waals surface area contributed by atoms with Gasteiger partial charge in [-0.3, -0.25) is 0 Å². The van der Waals surface area contributed by atoms with Gasteiger partial charge in [-0.2, -0.15) is 0 Å². The van der Waals surface area contributed by atoms with E-state index in [1.54, 1.807) is 6.92 Å². The second-order valence-corrected chi connectivity index (χ2v) is 4.66. The van der Waals surface area contributed by atoms with Gasteiger partial charge in [0.2, 0.25) is 0 Å². The fourth-order valence-corrected chi connectivity index (χ4v) is 1.03. The summed E-state index contributed by atoms with van der Waals surface area (Å²) in [6.45, 7) is 7.96. The van der Waals surface area contributed by atoms with Gasteiger partial charge in [0.25, 0.3) is 0 Å². The first kappa shape index (κ1) is 13.8. The van der Waals surface area contributed by atoms with Crippen LogP contribution in [-0.4, -0.2) is 45.7 Å². The summed E-state index contributed by atoms with van der Waals surface area (Å²) in [6, 6.07) is 0. The predicted octanol–water partition coefficient (Wildman–Crippen LogP) is -0.133. The van der Waals surface area contributed by atoms with Crippen molar-refractivity contribution >= 4 is 0 Å². The summed E-state index contributed by atoms with van der Waals surface area (Å²) in [7, 11) is 0. The van der Waals surface area contributed by atoms with Crippen LogP contribution in [0, 0.1) is 0 Å². The Morgan fingerprint density at radius 2 is 1.57 bits per heavy atom.